The lowest BCUT2D eigenvalue weighted by molar-refractivity contribution is 0.0946. The summed E-state index contributed by atoms with van der Waals surface area (Å²) in [6, 6.07) is 0. The molecular weight excluding hydrogens is 304 g/mol. The Morgan fingerprint density at radius 3 is 2.57 bits per heavy atom. The minimum atomic E-state index is -0.165. The monoisotopic (exact) mass is 324 g/mol. The number of aromatic nitrogens is 2. The van der Waals surface area contributed by atoms with Crippen LogP contribution in [0.2, 0.25) is 0 Å². The van der Waals surface area contributed by atoms with Gasteiger partial charge in [0.25, 0.3) is 5.91 Å². The van der Waals surface area contributed by atoms with Gasteiger partial charge in [-0.25, -0.2) is 9.97 Å². The molecule has 0 unspecified atom stereocenters. The average molecular weight is 324 g/mol. The number of hydrogen-bond acceptors (Lipinski definition) is 6. The van der Waals surface area contributed by atoms with Crippen molar-refractivity contribution >= 4 is 28.6 Å². The van der Waals surface area contributed by atoms with Gasteiger partial charge in [-0.05, 0) is 6.54 Å². The summed E-state index contributed by atoms with van der Waals surface area (Å²) in [6.45, 7) is 7.35. The molecule has 2 aromatic rings. The van der Waals surface area contributed by atoms with Crippen LogP contribution in [0.5, 0.6) is 0 Å². The van der Waals surface area contributed by atoms with Gasteiger partial charge in [0.15, 0.2) is 0 Å². The zero-order valence-corrected chi connectivity index (χ0v) is 14.1. The van der Waals surface area contributed by atoms with Crippen molar-refractivity contribution in [3.05, 3.63) is 32.2 Å². The summed E-state index contributed by atoms with van der Waals surface area (Å²) in [5.41, 5.74) is 7.02. The van der Waals surface area contributed by atoms with E-state index in [1.807, 2.05) is 5.38 Å². The first-order chi connectivity index (χ1) is 9.90. The molecule has 1 amide bonds. The van der Waals surface area contributed by atoms with Gasteiger partial charge in [0.1, 0.15) is 10.7 Å². The van der Waals surface area contributed by atoms with Crippen LogP contribution in [-0.2, 0) is 18.4 Å². The third kappa shape index (κ3) is 4.33. The number of amides is 1. The molecule has 0 aliphatic carbocycles. The van der Waals surface area contributed by atoms with Gasteiger partial charge in [-0.3, -0.25) is 4.79 Å². The van der Waals surface area contributed by atoms with Crippen molar-refractivity contribution in [1.29, 1.82) is 0 Å². The van der Waals surface area contributed by atoms with Crippen molar-refractivity contribution in [2.45, 2.75) is 39.2 Å². The van der Waals surface area contributed by atoms with Crippen molar-refractivity contribution in [2.24, 2.45) is 5.73 Å². The predicted molar refractivity (Wildman–Crippen MR) is 86.9 cm³/mol. The molecule has 0 radical (unpaired) electrons. The van der Waals surface area contributed by atoms with Gasteiger partial charge >= 0.3 is 0 Å². The van der Waals surface area contributed by atoms with Crippen LogP contribution >= 0.6 is 22.7 Å². The molecule has 2 heterocycles. The van der Waals surface area contributed by atoms with Gasteiger partial charge in [0.2, 0.25) is 0 Å². The first-order valence-corrected chi connectivity index (χ1v) is 8.53. The van der Waals surface area contributed by atoms with Gasteiger partial charge in [-0.15, -0.1) is 22.7 Å². The van der Waals surface area contributed by atoms with E-state index in [0.717, 1.165) is 15.7 Å². The van der Waals surface area contributed by atoms with E-state index in [9.17, 15) is 4.79 Å². The maximum absolute atomic E-state index is 12.0. The van der Waals surface area contributed by atoms with Gasteiger partial charge in [-0.2, -0.15) is 0 Å². The van der Waals surface area contributed by atoms with Gasteiger partial charge < -0.3 is 11.1 Å². The van der Waals surface area contributed by atoms with Crippen molar-refractivity contribution in [2.75, 3.05) is 6.54 Å². The molecule has 0 spiro atoms. The lowest BCUT2D eigenvalue weighted by atomic mass is 9.93. The van der Waals surface area contributed by atoms with E-state index in [1.165, 1.54) is 11.3 Å². The van der Waals surface area contributed by atoms with Gasteiger partial charge in [0, 0.05) is 22.6 Å². The molecule has 2 rings (SSSR count). The second kappa shape index (κ2) is 6.64. The Bertz CT molecular complexity index is 613. The van der Waals surface area contributed by atoms with Crippen molar-refractivity contribution in [3.8, 4) is 0 Å². The highest BCUT2D eigenvalue weighted by atomic mass is 32.1. The molecule has 0 aliphatic rings. The SMILES string of the molecule is CC(C)(C)c1csc(CNC(=O)c2csc(CCN)n2)n1. The molecule has 21 heavy (non-hydrogen) atoms. The smallest absolute Gasteiger partial charge is 0.271 e. The van der Waals surface area contributed by atoms with E-state index in [2.05, 4.69) is 36.1 Å². The van der Waals surface area contributed by atoms with Gasteiger partial charge in [0.05, 0.1) is 17.2 Å². The third-order valence-corrected chi connectivity index (χ3v) is 4.62. The van der Waals surface area contributed by atoms with E-state index in [4.69, 9.17) is 5.73 Å². The average Bonchev–Trinajstić information content (AvgIpc) is 3.04. The maximum Gasteiger partial charge on any atom is 0.271 e. The number of thiazole rings is 2. The number of nitrogens with one attached hydrogen (secondary N) is 1. The van der Waals surface area contributed by atoms with E-state index < -0.39 is 0 Å². The molecule has 0 atom stereocenters. The molecule has 3 N–H and O–H groups in total. The van der Waals surface area contributed by atoms with Crippen LogP contribution in [0.25, 0.3) is 0 Å². The summed E-state index contributed by atoms with van der Waals surface area (Å²) in [6.07, 6.45) is 0.708. The van der Waals surface area contributed by atoms with Crippen LogP contribution in [-0.4, -0.2) is 22.4 Å². The summed E-state index contributed by atoms with van der Waals surface area (Å²) >= 11 is 3.03. The fourth-order valence-electron chi connectivity index (χ4n) is 1.64. The number of carbonyl (C=O) groups excluding carboxylic acids is 1. The van der Waals surface area contributed by atoms with Crippen LogP contribution in [0.3, 0.4) is 0 Å². The maximum atomic E-state index is 12.0. The van der Waals surface area contributed by atoms with Crippen molar-refractivity contribution in [3.63, 3.8) is 0 Å². The summed E-state index contributed by atoms with van der Waals surface area (Å²) in [7, 11) is 0. The van der Waals surface area contributed by atoms with Crippen LogP contribution in [0.4, 0.5) is 0 Å². The van der Waals surface area contributed by atoms with E-state index in [-0.39, 0.29) is 11.3 Å². The number of hydrogen-bond donors (Lipinski definition) is 2. The Morgan fingerprint density at radius 2 is 1.95 bits per heavy atom. The van der Waals surface area contributed by atoms with Crippen molar-refractivity contribution in [1.82, 2.24) is 15.3 Å². The van der Waals surface area contributed by atoms with Crippen molar-refractivity contribution < 1.29 is 4.79 Å². The predicted octanol–water partition coefficient (Wildman–Crippen LogP) is 2.33. The lowest BCUT2D eigenvalue weighted by Crippen LogP contribution is -2.23. The minimum Gasteiger partial charge on any atom is -0.344 e. The van der Waals surface area contributed by atoms with Crippen LogP contribution in [0, 0.1) is 0 Å². The lowest BCUT2D eigenvalue weighted by Gasteiger charge is -2.14. The molecule has 5 nitrogen and oxygen atoms in total. The van der Waals surface area contributed by atoms with Crippen LogP contribution < -0.4 is 11.1 Å². The first kappa shape index (κ1) is 16.1. The van der Waals surface area contributed by atoms with E-state index in [1.54, 1.807) is 16.7 Å². The standard InChI is InChI=1S/C14H20N4OS2/c1-14(2,3)10-8-21-12(18-10)6-16-13(19)9-7-20-11(17-9)4-5-15/h7-8H,4-6,15H2,1-3H3,(H,16,19). The molecule has 0 saturated heterocycles. The molecule has 0 aliphatic heterocycles. The highest BCUT2D eigenvalue weighted by Crippen LogP contribution is 2.23. The largest absolute Gasteiger partial charge is 0.344 e. The number of nitrogens with zero attached hydrogens (tertiary/aromatic N) is 2. The summed E-state index contributed by atoms with van der Waals surface area (Å²) in [5.74, 6) is -0.165. The number of carbonyl (C=O) groups is 1. The van der Waals surface area contributed by atoms with Crippen LogP contribution in [0.1, 0.15) is 47.0 Å². The molecule has 114 valence electrons. The molecule has 0 fully saturated rings. The van der Waals surface area contributed by atoms with Crippen LogP contribution in [0.15, 0.2) is 10.8 Å². The Kier molecular flexibility index (Phi) is 5.08. The normalized spacial score (nSPS) is 11.6. The Morgan fingerprint density at radius 1 is 1.24 bits per heavy atom. The third-order valence-electron chi connectivity index (χ3n) is 2.86. The summed E-state index contributed by atoms with van der Waals surface area (Å²) < 4.78 is 0. The number of rotatable bonds is 5. The second-order valence-corrected chi connectivity index (χ2v) is 7.61. The molecule has 0 bridgehead atoms. The second-order valence-electron chi connectivity index (χ2n) is 5.72. The highest BCUT2D eigenvalue weighted by molar-refractivity contribution is 7.10. The first-order valence-electron chi connectivity index (χ1n) is 6.77. The minimum absolute atomic E-state index is 0.0325. The molecule has 7 heteroatoms. The fourth-order valence-corrected chi connectivity index (χ4v) is 3.39. The summed E-state index contributed by atoms with van der Waals surface area (Å²) in [5, 5.41) is 8.47. The van der Waals surface area contributed by atoms with Gasteiger partial charge in [-0.1, -0.05) is 20.8 Å². The Labute approximate surface area is 132 Å². The quantitative estimate of drug-likeness (QED) is 0.884. The summed E-state index contributed by atoms with van der Waals surface area (Å²) in [4.78, 5) is 20.8. The Balaban J connectivity index is 1.92. The topological polar surface area (TPSA) is 80.9 Å². The zero-order valence-electron chi connectivity index (χ0n) is 12.5. The van der Waals surface area contributed by atoms with E-state index in [0.29, 0.717) is 25.2 Å². The molecule has 2 aromatic heterocycles. The fraction of sp³-hybridized carbons (Fsp3) is 0.500. The zero-order chi connectivity index (χ0) is 15.5. The molecular formula is C14H20N4OS2. The molecule has 0 saturated carbocycles. The molecule has 0 aromatic carbocycles. The highest BCUT2D eigenvalue weighted by Gasteiger charge is 2.18. The van der Waals surface area contributed by atoms with E-state index >= 15 is 0 Å². The Hall–Kier alpha value is -1.31. The number of nitrogens with two attached hydrogens (primary N) is 1.